The zero-order chi connectivity index (χ0) is 21.7. The highest BCUT2D eigenvalue weighted by atomic mass is 19.4. The molecule has 0 atom stereocenters. The predicted molar refractivity (Wildman–Crippen MR) is 99.8 cm³/mol. The van der Waals surface area contributed by atoms with E-state index in [0.717, 1.165) is 6.07 Å². The van der Waals surface area contributed by atoms with Crippen molar-refractivity contribution in [2.75, 3.05) is 33.4 Å². The third-order valence-corrected chi connectivity index (χ3v) is 4.92. The van der Waals surface area contributed by atoms with Crippen LogP contribution in [0, 0.1) is 0 Å². The third-order valence-electron chi connectivity index (χ3n) is 4.92. The van der Waals surface area contributed by atoms with Crippen LogP contribution in [0.1, 0.15) is 45.3 Å². The molecule has 1 fully saturated rings. The number of carbonyl (C=O) groups is 2. The summed E-state index contributed by atoms with van der Waals surface area (Å²) in [7, 11) is 1.53. The first-order chi connectivity index (χ1) is 14.3. The molecule has 2 heterocycles. The molecule has 1 N–H and O–H groups in total. The van der Waals surface area contributed by atoms with Crippen LogP contribution in [-0.4, -0.2) is 65.1 Å². The lowest BCUT2D eigenvalue weighted by Crippen LogP contribution is -2.40. The van der Waals surface area contributed by atoms with Gasteiger partial charge in [-0.05, 0) is 25.0 Å². The van der Waals surface area contributed by atoms with Crippen molar-refractivity contribution < 1.29 is 27.5 Å². The smallest absolute Gasteiger partial charge is 0.383 e. The summed E-state index contributed by atoms with van der Waals surface area (Å²) in [5, 5.41) is 10.5. The van der Waals surface area contributed by atoms with Crippen LogP contribution in [0.25, 0.3) is 0 Å². The van der Waals surface area contributed by atoms with Gasteiger partial charge in [0.1, 0.15) is 0 Å². The van der Waals surface area contributed by atoms with Crippen LogP contribution < -0.4 is 5.32 Å². The highest BCUT2D eigenvalue weighted by Crippen LogP contribution is 2.33. The van der Waals surface area contributed by atoms with Gasteiger partial charge < -0.3 is 15.0 Å². The van der Waals surface area contributed by atoms with Crippen molar-refractivity contribution in [3.63, 3.8) is 0 Å². The molecule has 11 heteroatoms. The quantitative estimate of drug-likeness (QED) is 0.717. The van der Waals surface area contributed by atoms with E-state index in [1.54, 1.807) is 4.68 Å². The minimum absolute atomic E-state index is 0.0973. The highest BCUT2D eigenvalue weighted by Gasteiger charge is 2.36. The summed E-state index contributed by atoms with van der Waals surface area (Å²) in [5.41, 5.74) is -1.11. The van der Waals surface area contributed by atoms with Crippen LogP contribution in [0.4, 0.5) is 13.2 Å². The van der Waals surface area contributed by atoms with Gasteiger partial charge in [-0.2, -0.15) is 13.2 Å². The van der Waals surface area contributed by atoms with Gasteiger partial charge in [0.2, 0.25) is 0 Å². The molecule has 0 spiro atoms. The first-order valence-corrected chi connectivity index (χ1v) is 9.45. The SMILES string of the molecule is COCCNC(=O)c1cn(C2CCN(C(=O)c3ccccc3C(F)(F)F)CC2)nn1. The van der Waals surface area contributed by atoms with E-state index in [0.29, 0.717) is 26.0 Å². The molecule has 1 aromatic heterocycles. The standard InChI is InChI=1S/C19H22F3N5O3/c1-30-11-8-23-17(28)16-12-27(25-24-16)13-6-9-26(10-7-13)18(29)14-4-2-3-5-15(14)19(20,21)22/h2-5,12-13H,6-11H2,1H3,(H,23,28). The molecule has 0 aliphatic carbocycles. The molecular weight excluding hydrogens is 403 g/mol. The number of hydrogen-bond acceptors (Lipinski definition) is 5. The maximum atomic E-state index is 13.2. The van der Waals surface area contributed by atoms with Crippen molar-refractivity contribution in [3.8, 4) is 0 Å². The van der Waals surface area contributed by atoms with E-state index >= 15 is 0 Å². The molecule has 1 aliphatic heterocycles. The average molecular weight is 425 g/mol. The Bertz CT molecular complexity index is 892. The monoisotopic (exact) mass is 425 g/mol. The number of nitrogens with zero attached hydrogens (tertiary/aromatic N) is 4. The molecule has 1 saturated heterocycles. The zero-order valence-electron chi connectivity index (χ0n) is 16.4. The molecule has 0 unspecified atom stereocenters. The number of nitrogens with one attached hydrogen (secondary N) is 1. The van der Waals surface area contributed by atoms with Crippen LogP contribution in [0.15, 0.2) is 30.5 Å². The van der Waals surface area contributed by atoms with Gasteiger partial charge in [-0.15, -0.1) is 5.10 Å². The Balaban J connectivity index is 1.61. The number of hydrogen-bond donors (Lipinski definition) is 1. The summed E-state index contributed by atoms with van der Waals surface area (Å²) in [6.45, 7) is 1.29. The summed E-state index contributed by atoms with van der Waals surface area (Å²) < 4.78 is 46.0. The minimum Gasteiger partial charge on any atom is -0.383 e. The van der Waals surface area contributed by atoms with Crippen molar-refractivity contribution in [2.45, 2.75) is 25.1 Å². The van der Waals surface area contributed by atoms with Crippen LogP contribution in [-0.2, 0) is 10.9 Å². The molecule has 0 saturated carbocycles. The summed E-state index contributed by atoms with van der Waals surface area (Å²) in [6, 6.07) is 4.70. The van der Waals surface area contributed by atoms with Crippen molar-refractivity contribution in [2.24, 2.45) is 0 Å². The number of ether oxygens (including phenoxy) is 1. The first-order valence-electron chi connectivity index (χ1n) is 9.45. The Morgan fingerprint density at radius 3 is 2.60 bits per heavy atom. The number of aromatic nitrogens is 3. The fraction of sp³-hybridized carbons (Fsp3) is 0.474. The van der Waals surface area contributed by atoms with Crippen LogP contribution in [0.3, 0.4) is 0 Å². The Kier molecular flexibility index (Phi) is 6.70. The van der Waals surface area contributed by atoms with Gasteiger partial charge in [0, 0.05) is 26.7 Å². The molecule has 1 aliphatic rings. The second-order valence-corrected chi connectivity index (χ2v) is 6.90. The summed E-state index contributed by atoms with van der Waals surface area (Å²) in [6.07, 6.45) is -2.07. The topological polar surface area (TPSA) is 89.4 Å². The van der Waals surface area contributed by atoms with Gasteiger partial charge in [0.15, 0.2) is 5.69 Å². The molecule has 30 heavy (non-hydrogen) atoms. The maximum Gasteiger partial charge on any atom is 0.417 e. The molecule has 2 aromatic rings. The van der Waals surface area contributed by atoms with E-state index in [2.05, 4.69) is 15.6 Å². The van der Waals surface area contributed by atoms with Crippen molar-refractivity contribution in [1.29, 1.82) is 0 Å². The lowest BCUT2D eigenvalue weighted by molar-refractivity contribution is -0.138. The number of amides is 2. The normalized spacial score (nSPS) is 15.3. The Morgan fingerprint density at radius 1 is 1.23 bits per heavy atom. The average Bonchev–Trinajstić information content (AvgIpc) is 3.23. The lowest BCUT2D eigenvalue weighted by Gasteiger charge is -2.32. The summed E-state index contributed by atoms with van der Waals surface area (Å²) >= 11 is 0. The van der Waals surface area contributed by atoms with Crippen molar-refractivity contribution in [3.05, 3.63) is 47.3 Å². The number of rotatable bonds is 6. The first kappa shape index (κ1) is 21.8. The van der Waals surface area contributed by atoms with E-state index in [1.165, 1.54) is 36.4 Å². The van der Waals surface area contributed by atoms with Gasteiger partial charge in [-0.1, -0.05) is 17.3 Å². The minimum atomic E-state index is -4.59. The number of likely N-dealkylation sites (tertiary alicyclic amines) is 1. The fourth-order valence-corrected chi connectivity index (χ4v) is 3.34. The Hall–Kier alpha value is -2.95. The van der Waals surface area contributed by atoms with Gasteiger partial charge in [0.25, 0.3) is 11.8 Å². The number of halogens is 3. The number of benzene rings is 1. The third kappa shape index (κ3) is 4.96. The van der Waals surface area contributed by atoms with Gasteiger partial charge in [0.05, 0.1) is 30.0 Å². The van der Waals surface area contributed by atoms with Crippen LogP contribution in [0.5, 0.6) is 0 Å². The van der Waals surface area contributed by atoms with E-state index in [4.69, 9.17) is 4.74 Å². The van der Waals surface area contributed by atoms with Gasteiger partial charge in [-0.3, -0.25) is 9.59 Å². The van der Waals surface area contributed by atoms with Crippen LogP contribution in [0.2, 0.25) is 0 Å². The number of carbonyl (C=O) groups excluding carboxylic acids is 2. The summed E-state index contributed by atoms with van der Waals surface area (Å²) in [4.78, 5) is 26.1. The molecule has 1 aromatic carbocycles. The van der Waals surface area contributed by atoms with E-state index in [9.17, 15) is 22.8 Å². The van der Waals surface area contributed by atoms with Crippen molar-refractivity contribution >= 4 is 11.8 Å². The van der Waals surface area contributed by atoms with E-state index < -0.39 is 17.6 Å². The molecule has 0 radical (unpaired) electrons. The number of piperidine rings is 1. The Morgan fingerprint density at radius 2 is 1.93 bits per heavy atom. The largest absolute Gasteiger partial charge is 0.417 e. The second-order valence-electron chi connectivity index (χ2n) is 6.90. The lowest BCUT2D eigenvalue weighted by atomic mass is 10.0. The second kappa shape index (κ2) is 9.24. The zero-order valence-corrected chi connectivity index (χ0v) is 16.4. The molecule has 162 valence electrons. The molecule has 2 amide bonds. The van der Waals surface area contributed by atoms with Gasteiger partial charge >= 0.3 is 6.18 Å². The Labute approximate surface area is 171 Å². The molecular formula is C19H22F3N5O3. The number of methoxy groups -OCH3 is 1. The van der Waals surface area contributed by atoms with Crippen molar-refractivity contribution in [1.82, 2.24) is 25.2 Å². The maximum absolute atomic E-state index is 13.2. The molecule has 0 bridgehead atoms. The predicted octanol–water partition coefficient (Wildman–Crippen LogP) is 2.15. The summed E-state index contributed by atoms with van der Waals surface area (Å²) in [5.74, 6) is -1.01. The van der Waals surface area contributed by atoms with Gasteiger partial charge in [-0.25, -0.2) is 4.68 Å². The number of alkyl halides is 3. The van der Waals surface area contributed by atoms with E-state index in [-0.39, 0.29) is 36.3 Å². The van der Waals surface area contributed by atoms with E-state index in [1.807, 2.05) is 0 Å². The molecule has 3 rings (SSSR count). The highest BCUT2D eigenvalue weighted by molar-refractivity contribution is 5.96. The molecule has 8 nitrogen and oxygen atoms in total. The fourth-order valence-electron chi connectivity index (χ4n) is 3.34. The van der Waals surface area contributed by atoms with Crippen LogP contribution >= 0.6 is 0 Å².